The third-order valence-corrected chi connectivity index (χ3v) is 1.97. The van der Waals surface area contributed by atoms with E-state index in [4.69, 9.17) is 4.74 Å². The molecule has 1 aromatic rings. The normalized spacial score (nSPS) is 12.9. The fourth-order valence-electron chi connectivity index (χ4n) is 1.12. The van der Waals surface area contributed by atoms with Crippen LogP contribution in [0.3, 0.4) is 0 Å². The molecule has 0 fully saturated rings. The molecule has 18 heavy (non-hydrogen) atoms. The number of nitrogens with one attached hydrogen (secondary N) is 1. The SMILES string of the molecule is C[C@H](Oc1ccccc1F)C(=O)NCC(F)(F)F. The summed E-state index contributed by atoms with van der Waals surface area (Å²) in [6, 6.07) is 5.31. The van der Waals surface area contributed by atoms with E-state index in [0.29, 0.717) is 0 Å². The lowest BCUT2D eigenvalue weighted by molar-refractivity contribution is -0.142. The van der Waals surface area contributed by atoms with Gasteiger partial charge in [-0.1, -0.05) is 12.1 Å². The van der Waals surface area contributed by atoms with E-state index in [1.165, 1.54) is 25.1 Å². The van der Waals surface area contributed by atoms with Crippen molar-refractivity contribution < 1.29 is 27.1 Å². The van der Waals surface area contributed by atoms with Gasteiger partial charge in [-0.05, 0) is 19.1 Å². The Bertz CT molecular complexity index is 420. The Morgan fingerprint density at radius 3 is 2.56 bits per heavy atom. The number of benzene rings is 1. The Balaban J connectivity index is 2.53. The molecule has 1 amide bonds. The predicted molar refractivity (Wildman–Crippen MR) is 55.6 cm³/mol. The molecule has 0 bridgehead atoms. The Hall–Kier alpha value is -1.79. The van der Waals surface area contributed by atoms with Gasteiger partial charge in [-0.25, -0.2) is 4.39 Å². The van der Waals surface area contributed by atoms with Crippen molar-refractivity contribution in [2.24, 2.45) is 0 Å². The second-order valence-corrected chi connectivity index (χ2v) is 3.52. The lowest BCUT2D eigenvalue weighted by Crippen LogP contribution is -2.41. The average Bonchev–Trinajstić information content (AvgIpc) is 2.28. The summed E-state index contributed by atoms with van der Waals surface area (Å²) in [5.41, 5.74) is 0. The molecule has 0 aliphatic rings. The van der Waals surface area contributed by atoms with E-state index < -0.39 is 30.5 Å². The molecule has 1 aromatic carbocycles. The van der Waals surface area contributed by atoms with Crippen molar-refractivity contribution in [2.75, 3.05) is 6.54 Å². The fourth-order valence-corrected chi connectivity index (χ4v) is 1.12. The minimum absolute atomic E-state index is 0.188. The van der Waals surface area contributed by atoms with Crippen LogP contribution in [0.2, 0.25) is 0 Å². The second-order valence-electron chi connectivity index (χ2n) is 3.52. The largest absolute Gasteiger partial charge is 0.478 e. The number of halogens is 4. The third-order valence-electron chi connectivity index (χ3n) is 1.97. The maximum Gasteiger partial charge on any atom is 0.405 e. The smallest absolute Gasteiger partial charge is 0.405 e. The molecule has 0 aliphatic heterocycles. The minimum atomic E-state index is -4.49. The summed E-state index contributed by atoms with van der Waals surface area (Å²) in [7, 11) is 0. The number of hydrogen-bond donors (Lipinski definition) is 1. The molecule has 0 spiro atoms. The van der Waals surface area contributed by atoms with Gasteiger partial charge in [0.2, 0.25) is 0 Å². The first-order valence-corrected chi connectivity index (χ1v) is 5.05. The Morgan fingerprint density at radius 1 is 1.39 bits per heavy atom. The quantitative estimate of drug-likeness (QED) is 0.848. The zero-order chi connectivity index (χ0) is 13.8. The number of para-hydroxylation sites is 1. The van der Waals surface area contributed by atoms with Crippen LogP contribution >= 0.6 is 0 Å². The molecule has 7 heteroatoms. The standard InChI is InChI=1S/C11H11F4NO2/c1-7(10(17)16-6-11(13,14)15)18-9-5-3-2-4-8(9)12/h2-5,7H,6H2,1H3,(H,16,17)/t7-/m0/s1. The van der Waals surface area contributed by atoms with E-state index in [1.807, 2.05) is 0 Å². The zero-order valence-electron chi connectivity index (χ0n) is 9.42. The fraction of sp³-hybridized carbons (Fsp3) is 0.364. The van der Waals surface area contributed by atoms with E-state index >= 15 is 0 Å². The highest BCUT2D eigenvalue weighted by Crippen LogP contribution is 2.17. The molecular formula is C11H11F4NO2. The van der Waals surface area contributed by atoms with Crippen LogP contribution in [-0.4, -0.2) is 24.7 Å². The molecule has 0 aromatic heterocycles. The third kappa shape index (κ3) is 4.60. The molecule has 3 nitrogen and oxygen atoms in total. The number of carbonyl (C=O) groups excluding carboxylic acids is 1. The van der Waals surface area contributed by atoms with Crippen LogP contribution < -0.4 is 10.1 Å². The second kappa shape index (κ2) is 5.70. The monoisotopic (exact) mass is 265 g/mol. The number of ether oxygens (including phenoxy) is 1. The van der Waals surface area contributed by atoms with Crippen LogP contribution in [0.25, 0.3) is 0 Å². The molecule has 0 saturated carbocycles. The summed E-state index contributed by atoms with van der Waals surface area (Å²) in [5, 5.41) is 1.65. The van der Waals surface area contributed by atoms with Gasteiger partial charge in [0, 0.05) is 0 Å². The Morgan fingerprint density at radius 2 is 2.00 bits per heavy atom. The number of amides is 1. The molecule has 1 N–H and O–H groups in total. The van der Waals surface area contributed by atoms with E-state index in [-0.39, 0.29) is 5.75 Å². The maximum absolute atomic E-state index is 13.2. The summed E-state index contributed by atoms with van der Waals surface area (Å²) in [5.74, 6) is -1.84. The van der Waals surface area contributed by atoms with Gasteiger partial charge in [0.05, 0.1) is 0 Å². The van der Waals surface area contributed by atoms with Crippen LogP contribution in [0.5, 0.6) is 5.75 Å². The minimum Gasteiger partial charge on any atom is -0.478 e. The van der Waals surface area contributed by atoms with Crippen LogP contribution in [0, 0.1) is 5.82 Å². The van der Waals surface area contributed by atoms with Crippen molar-refractivity contribution in [3.8, 4) is 5.75 Å². The predicted octanol–water partition coefficient (Wildman–Crippen LogP) is 2.27. The van der Waals surface area contributed by atoms with Gasteiger partial charge >= 0.3 is 6.18 Å². The van der Waals surface area contributed by atoms with Crippen molar-refractivity contribution in [1.29, 1.82) is 0 Å². The van der Waals surface area contributed by atoms with Gasteiger partial charge in [-0.3, -0.25) is 4.79 Å². The van der Waals surface area contributed by atoms with Crippen molar-refractivity contribution in [3.63, 3.8) is 0 Å². The molecule has 1 atom stereocenters. The summed E-state index contributed by atoms with van der Waals surface area (Å²) in [6.07, 6.45) is -5.71. The molecule has 0 unspecified atom stereocenters. The topological polar surface area (TPSA) is 38.3 Å². The number of carbonyl (C=O) groups is 1. The van der Waals surface area contributed by atoms with Crippen molar-refractivity contribution in [2.45, 2.75) is 19.2 Å². The van der Waals surface area contributed by atoms with Gasteiger partial charge in [-0.2, -0.15) is 13.2 Å². The van der Waals surface area contributed by atoms with Crippen molar-refractivity contribution in [3.05, 3.63) is 30.1 Å². The van der Waals surface area contributed by atoms with Gasteiger partial charge < -0.3 is 10.1 Å². The van der Waals surface area contributed by atoms with E-state index in [0.717, 1.165) is 6.07 Å². The zero-order valence-corrected chi connectivity index (χ0v) is 9.42. The van der Waals surface area contributed by atoms with Crippen LogP contribution in [-0.2, 0) is 4.79 Å². The summed E-state index contributed by atoms with van der Waals surface area (Å²) in [6.45, 7) is -0.213. The highest BCUT2D eigenvalue weighted by atomic mass is 19.4. The van der Waals surface area contributed by atoms with E-state index in [1.54, 1.807) is 5.32 Å². The first-order valence-electron chi connectivity index (χ1n) is 5.05. The van der Waals surface area contributed by atoms with E-state index in [9.17, 15) is 22.4 Å². The molecule has 1 rings (SSSR count). The number of alkyl halides is 3. The highest BCUT2D eigenvalue weighted by molar-refractivity contribution is 5.80. The van der Waals surface area contributed by atoms with Crippen molar-refractivity contribution in [1.82, 2.24) is 5.32 Å². The summed E-state index contributed by atoms with van der Waals surface area (Å²) >= 11 is 0. The lowest BCUT2D eigenvalue weighted by Gasteiger charge is -2.15. The molecular weight excluding hydrogens is 254 g/mol. The lowest BCUT2D eigenvalue weighted by atomic mass is 10.3. The first kappa shape index (κ1) is 14.3. The number of rotatable bonds is 4. The maximum atomic E-state index is 13.2. The summed E-state index contributed by atoms with van der Waals surface area (Å²) < 4.78 is 53.6. The Labute approximate surface area is 101 Å². The Kier molecular flexibility index (Phi) is 4.52. The van der Waals surface area contributed by atoms with Crippen LogP contribution in [0.15, 0.2) is 24.3 Å². The van der Waals surface area contributed by atoms with Gasteiger partial charge in [-0.15, -0.1) is 0 Å². The van der Waals surface area contributed by atoms with Crippen LogP contribution in [0.1, 0.15) is 6.92 Å². The molecule has 0 saturated heterocycles. The van der Waals surface area contributed by atoms with Crippen molar-refractivity contribution >= 4 is 5.91 Å². The number of hydrogen-bond acceptors (Lipinski definition) is 2. The average molecular weight is 265 g/mol. The molecule has 0 heterocycles. The highest BCUT2D eigenvalue weighted by Gasteiger charge is 2.29. The first-order chi connectivity index (χ1) is 8.29. The van der Waals surface area contributed by atoms with Crippen LogP contribution in [0.4, 0.5) is 17.6 Å². The molecule has 0 aliphatic carbocycles. The molecule has 0 radical (unpaired) electrons. The van der Waals surface area contributed by atoms with Gasteiger partial charge in [0.1, 0.15) is 6.54 Å². The van der Waals surface area contributed by atoms with Gasteiger partial charge in [0.25, 0.3) is 5.91 Å². The molecule has 100 valence electrons. The summed E-state index contributed by atoms with van der Waals surface area (Å²) in [4.78, 5) is 11.2. The van der Waals surface area contributed by atoms with Gasteiger partial charge in [0.15, 0.2) is 17.7 Å². The van der Waals surface area contributed by atoms with E-state index in [2.05, 4.69) is 0 Å².